The zero-order valence-electron chi connectivity index (χ0n) is 10.0. The summed E-state index contributed by atoms with van der Waals surface area (Å²) >= 11 is 0. The molecule has 0 aliphatic carbocycles. The van der Waals surface area contributed by atoms with Crippen LogP contribution in [0.1, 0.15) is 19.8 Å². The first kappa shape index (κ1) is 13.4. The molecule has 0 spiro atoms. The standard InChI is InChI=1S/C11H22N2O3/c1-8(3-4-14)6-13-11(15)10-5-9(16-2)7-12-10/h8-10,12,14H,3-7H2,1-2H3,(H,13,15). The summed E-state index contributed by atoms with van der Waals surface area (Å²) in [6.45, 7) is 3.54. The molecule has 3 N–H and O–H groups in total. The molecule has 0 aromatic carbocycles. The van der Waals surface area contributed by atoms with Gasteiger partial charge in [0.15, 0.2) is 0 Å². The second kappa shape index (κ2) is 6.83. The van der Waals surface area contributed by atoms with Crippen LogP contribution in [0, 0.1) is 5.92 Å². The van der Waals surface area contributed by atoms with Gasteiger partial charge in [-0.3, -0.25) is 4.79 Å². The van der Waals surface area contributed by atoms with Gasteiger partial charge in [-0.1, -0.05) is 6.92 Å². The van der Waals surface area contributed by atoms with E-state index in [1.54, 1.807) is 7.11 Å². The Labute approximate surface area is 96.6 Å². The Morgan fingerprint density at radius 2 is 2.44 bits per heavy atom. The van der Waals surface area contributed by atoms with Gasteiger partial charge in [-0.25, -0.2) is 0 Å². The van der Waals surface area contributed by atoms with E-state index in [4.69, 9.17) is 9.84 Å². The normalized spacial score (nSPS) is 26.7. The summed E-state index contributed by atoms with van der Waals surface area (Å²) in [5, 5.41) is 14.8. The van der Waals surface area contributed by atoms with Crippen LogP contribution in [0.4, 0.5) is 0 Å². The third-order valence-electron chi connectivity index (χ3n) is 2.99. The Morgan fingerprint density at radius 1 is 1.69 bits per heavy atom. The number of aliphatic hydroxyl groups is 1. The van der Waals surface area contributed by atoms with Gasteiger partial charge in [0.05, 0.1) is 12.1 Å². The molecule has 1 aliphatic rings. The lowest BCUT2D eigenvalue weighted by Gasteiger charge is -2.14. The van der Waals surface area contributed by atoms with Gasteiger partial charge in [-0.05, 0) is 18.8 Å². The van der Waals surface area contributed by atoms with Crippen LogP contribution in [-0.4, -0.2) is 50.0 Å². The quantitative estimate of drug-likeness (QED) is 0.575. The average molecular weight is 230 g/mol. The Balaban J connectivity index is 2.20. The summed E-state index contributed by atoms with van der Waals surface area (Å²) in [6.07, 6.45) is 1.60. The predicted molar refractivity (Wildman–Crippen MR) is 61.1 cm³/mol. The fraction of sp³-hybridized carbons (Fsp3) is 0.909. The number of carbonyl (C=O) groups is 1. The second-order valence-corrected chi connectivity index (χ2v) is 4.42. The summed E-state index contributed by atoms with van der Waals surface area (Å²) in [5.74, 6) is 0.345. The SMILES string of the molecule is COC1CNC(C(=O)NCC(C)CCO)C1. The number of hydrogen-bond acceptors (Lipinski definition) is 4. The molecule has 94 valence electrons. The molecule has 0 saturated carbocycles. The number of carbonyl (C=O) groups excluding carboxylic acids is 1. The Kier molecular flexibility index (Phi) is 5.73. The zero-order chi connectivity index (χ0) is 12.0. The minimum Gasteiger partial charge on any atom is -0.396 e. The van der Waals surface area contributed by atoms with E-state index in [1.165, 1.54) is 0 Å². The van der Waals surface area contributed by atoms with Crippen molar-refractivity contribution in [3.63, 3.8) is 0 Å². The molecule has 1 heterocycles. The maximum Gasteiger partial charge on any atom is 0.237 e. The first-order valence-electron chi connectivity index (χ1n) is 5.82. The van der Waals surface area contributed by atoms with Crippen molar-refractivity contribution in [2.75, 3.05) is 26.8 Å². The Hall–Kier alpha value is -0.650. The molecule has 5 heteroatoms. The third-order valence-corrected chi connectivity index (χ3v) is 2.99. The van der Waals surface area contributed by atoms with Crippen LogP contribution in [0.5, 0.6) is 0 Å². The van der Waals surface area contributed by atoms with Crippen LogP contribution in [-0.2, 0) is 9.53 Å². The molecule has 1 fully saturated rings. The Morgan fingerprint density at radius 3 is 3.00 bits per heavy atom. The lowest BCUT2D eigenvalue weighted by molar-refractivity contribution is -0.123. The van der Waals surface area contributed by atoms with E-state index in [1.807, 2.05) is 6.92 Å². The van der Waals surface area contributed by atoms with Crippen molar-refractivity contribution in [1.82, 2.24) is 10.6 Å². The molecule has 0 aromatic heterocycles. The van der Waals surface area contributed by atoms with Gasteiger partial charge in [0.2, 0.25) is 5.91 Å². The lowest BCUT2D eigenvalue weighted by atomic mass is 10.1. The van der Waals surface area contributed by atoms with Crippen molar-refractivity contribution in [3.8, 4) is 0 Å². The zero-order valence-corrected chi connectivity index (χ0v) is 10.0. The monoisotopic (exact) mass is 230 g/mol. The van der Waals surface area contributed by atoms with Crippen LogP contribution in [0.2, 0.25) is 0 Å². The molecular formula is C11H22N2O3. The number of amides is 1. The van der Waals surface area contributed by atoms with Crippen LogP contribution in [0.3, 0.4) is 0 Å². The van der Waals surface area contributed by atoms with Crippen LogP contribution in [0.15, 0.2) is 0 Å². The number of aliphatic hydroxyl groups excluding tert-OH is 1. The minimum atomic E-state index is -0.133. The molecule has 16 heavy (non-hydrogen) atoms. The van der Waals surface area contributed by atoms with Crippen molar-refractivity contribution >= 4 is 5.91 Å². The molecule has 3 atom stereocenters. The Bertz CT molecular complexity index is 223. The maximum absolute atomic E-state index is 11.7. The molecule has 1 amide bonds. The summed E-state index contributed by atoms with van der Waals surface area (Å²) < 4.78 is 5.18. The summed E-state index contributed by atoms with van der Waals surface area (Å²) in [5.41, 5.74) is 0. The van der Waals surface area contributed by atoms with Crippen LogP contribution < -0.4 is 10.6 Å². The third kappa shape index (κ3) is 4.08. The number of rotatable bonds is 6. The fourth-order valence-corrected chi connectivity index (χ4v) is 1.80. The summed E-state index contributed by atoms with van der Waals surface area (Å²) in [6, 6.07) is -0.133. The van der Waals surface area contributed by atoms with E-state index in [2.05, 4.69) is 10.6 Å². The van der Waals surface area contributed by atoms with Gasteiger partial charge in [-0.2, -0.15) is 0 Å². The molecule has 0 radical (unpaired) electrons. The van der Waals surface area contributed by atoms with Crippen molar-refractivity contribution in [2.24, 2.45) is 5.92 Å². The number of methoxy groups -OCH3 is 1. The molecule has 1 aliphatic heterocycles. The second-order valence-electron chi connectivity index (χ2n) is 4.42. The van der Waals surface area contributed by atoms with Crippen molar-refractivity contribution < 1.29 is 14.6 Å². The first-order chi connectivity index (χ1) is 7.67. The van der Waals surface area contributed by atoms with Gasteiger partial charge in [-0.15, -0.1) is 0 Å². The van der Waals surface area contributed by atoms with Crippen molar-refractivity contribution in [1.29, 1.82) is 0 Å². The van der Waals surface area contributed by atoms with Gasteiger partial charge in [0.1, 0.15) is 0 Å². The number of nitrogens with one attached hydrogen (secondary N) is 2. The van der Waals surface area contributed by atoms with Gasteiger partial charge < -0.3 is 20.5 Å². The van der Waals surface area contributed by atoms with Gasteiger partial charge in [0, 0.05) is 26.8 Å². The molecule has 1 saturated heterocycles. The smallest absolute Gasteiger partial charge is 0.237 e. The topological polar surface area (TPSA) is 70.6 Å². The molecule has 5 nitrogen and oxygen atoms in total. The van der Waals surface area contributed by atoms with Crippen molar-refractivity contribution in [2.45, 2.75) is 31.9 Å². The molecule has 0 bridgehead atoms. The van der Waals surface area contributed by atoms with E-state index < -0.39 is 0 Å². The highest BCUT2D eigenvalue weighted by atomic mass is 16.5. The van der Waals surface area contributed by atoms with E-state index in [-0.39, 0.29) is 24.7 Å². The summed E-state index contributed by atoms with van der Waals surface area (Å²) in [4.78, 5) is 11.7. The van der Waals surface area contributed by atoms with Crippen LogP contribution >= 0.6 is 0 Å². The summed E-state index contributed by atoms with van der Waals surface area (Å²) in [7, 11) is 1.66. The highest BCUT2D eigenvalue weighted by Crippen LogP contribution is 2.09. The molecule has 0 aromatic rings. The lowest BCUT2D eigenvalue weighted by Crippen LogP contribution is -2.42. The average Bonchev–Trinajstić information content (AvgIpc) is 2.75. The predicted octanol–water partition coefficient (Wildman–Crippen LogP) is -0.502. The minimum absolute atomic E-state index is 0.0318. The van der Waals surface area contributed by atoms with E-state index >= 15 is 0 Å². The van der Waals surface area contributed by atoms with Gasteiger partial charge >= 0.3 is 0 Å². The molecular weight excluding hydrogens is 208 g/mol. The van der Waals surface area contributed by atoms with Crippen molar-refractivity contribution in [3.05, 3.63) is 0 Å². The molecule has 3 unspecified atom stereocenters. The van der Waals surface area contributed by atoms with Crippen LogP contribution in [0.25, 0.3) is 0 Å². The highest BCUT2D eigenvalue weighted by Gasteiger charge is 2.29. The fourth-order valence-electron chi connectivity index (χ4n) is 1.80. The van der Waals surface area contributed by atoms with E-state index in [9.17, 15) is 4.79 Å². The van der Waals surface area contributed by atoms with E-state index in [0.29, 0.717) is 12.5 Å². The number of hydrogen-bond donors (Lipinski definition) is 3. The van der Waals surface area contributed by atoms with Gasteiger partial charge in [0.25, 0.3) is 0 Å². The highest BCUT2D eigenvalue weighted by molar-refractivity contribution is 5.82. The largest absolute Gasteiger partial charge is 0.396 e. The van der Waals surface area contributed by atoms with E-state index in [0.717, 1.165) is 19.4 Å². The number of ether oxygens (including phenoxy) is 1. The molecule has 1 rings (SSSR count). The first-order valence-corrected chi connectivity index (χ1v) is 5.82. The maximum atomic E-state index is 11.7.